The Morgan fingerprint density at radius 2 is 1.88 bits per heavy atom. The second-order valence-electron chi connectivity index (χ2n) is 6.01. The van der Waals surface area contributed by atoms with Gasteiger partial charge in [-0.25, -0.2) is 0 Å². The van der Waals surface area contributed by atoms with Crippen molar-refractivity contribution >= 4 is 29.9 Å². The largest absolute Gasteiger partial charge is 0.493 e. The number of hydrogen-bond donors (Lipinski definition) is 3. The molecular formula is C17H26ClN3O4. The molecule has 7 nitrogen and oxygen atoms in total. The Morgan fingerprint density at radius 1 is 1.24 bits per heavy atom. The van der Waals surface area contributed by atoms with E-state index in [4.69, 9.17) is 15.2 Å². The van der Waals surface area contributed by atoms with Crippen molar-refractivity contribution in [1.29, 1.82) is 0 Å². The van der Waals surface area contributed by atoms with Gasteiger partial charge in [0.25, 0.3) is 0 Å². The Kier molecular flexibility index (Phi) is 8.68. The van der Waals surface area contributed by atoms with Crippen LogP contribution in [0.3, 0.4) is 0 Å². The zero-order valence-corrected chi connectivity index (χ0v) is 15.2. The molecule has 0 aliphatic carbocycles. The number of piperidine rings is 1. The van der Waals surface area contributed by atoms with E-state index < -0.39 is 11.3 Å². The van der Waals surface area contributed by atoms with Crippen LogP contribution in [0.5, 0.6) is 5.75 Å². The van der Waals surface area contributed by atoms with E-state index in [0.717, 1.165) is 25.9 Å². The minimum atomic E-state index is -0.489. The Morgan fingerprint density at radius 3 is 2.44 bits per heavy atom. The van der Waals surface area contributed by atoms with Gasteiger partial charge in [-0.2, -0.15) is 0 Å². The van der Waals surface area contributed by atoms with Gasteiger partial charge in [-0.05, 0) is 50.2 Å². The van der Waals surface area contributed by atoms with Crippen molar-refractivity contribution in [3.8, 4) is 5.75 Å². The van der Waals surface area contributed by atoms with E-state index in [0.29, 0.717) is 18.0 Å². The molecule has 1 aromatic carbocycles. The van der Waals surface area contributed by atoms with Crippen LogP contribution in [0, 0.1) is 5.41 Å². The molecule has 1 saturated heterocycles. The molecule has 0 aromatic heterocycles. The van der Waals surface area contributed by atoms with Crippen molar-refractivity contribution in [2.75, 3.05) is 38.7 Å². The Hall–Kier alpha value is -1.83. The van der Waals surface area contributed by atoms with E-state index in [-0.39, 0.29) is 31.3 Å². The lowest BCUT2D eigenvalue weighted by Gasteiger charge is -2.35. The number of nitrogens with one attached hydrogen (secondary N) is 2. The van der Waals surface area contributed by atoms with Gasteiger partial charge < -0.3 is 25.8 Å². The van der Waals surface area contributed by atoms with E-state index in [9.17, 15) is 9.59 Å². The van der Waals surface area contributed by atoms with Crippen molar-refractivity contribution in [2.24, 2.45) is 11.1 Å². The summed E-state index contributed by atoms with van der Waals surface area (Å²) in [4.78, 5) is 23.4. The number of rotatable bonds is 8. The zero-order valence-electron chi connectivity index (χ0n) is 14.4. The summed E-state index contributed by atoms with van der Waals surface area (Å²) in [6.07, 6.45) is 1.67. The van der Waals surface area contributed by atoms with E-state index in [2.05, 4.69) is 10.6 Å². The van der Waals surface area contributed by atoms with Crippen molar-refractivity contribution in [2.45, 2.75) is 19.3 Å². The number of hydrogen-bond acceptors (Lipinski definition) is 5. The summed E-state index contributed by atoms with van der Waals surface area (Å²) < 4.78 is 10.7. The monoisotopic (exact) mass is 371 g/mol. The topological polar surface area (TPSA) is 103 Å². The molecule has 8 heteroatoms. The van der Waals surface area contributed by atoms with Crippen LogP contribution >= 0.6 is 12.4 Å². The number of carbonyl (C=O) groups excluding carboxylic acids is 2. The molecule has 0 bridgehead atoms. The molecule has 0 radical (unpaired) electrons. The molecule has 0 atom stereocenters. The van der Waals surface area contributed by atoms with Gasteiger partial charge in [0.05, 0.1) is 25.0 Å². The smallest absolute Gasteiger partial charge is 0.233 e. The SMILES string of the molecule is COCC1(C(=O)Nc2ccc(OCCC(N)=O)cc2)CCNCC1.Cl. The normalized spacial score (nSPS) is 15.7. The van der Waals surface area contributed by atoms with Gasteiger partial charge in [0.1, 0.15) is 5.75 Å². The average molecular weight is 372 g/mol. The molecule has 0 unspecified atom stereocenters. The number of carbonyl (C=O) groups is 2. The summed E-state index contributed by atoms with van der Waals surface area (Å²) >= 11 is 0. The molecule has 2 rings (SSSR count). The quantitative estimate of drug-likeness (QED) is 0.639. The maximum Gasteiger partial charge on any atom is 0.233 e. The maximum absolute atomic E-state index is 12.7. The lowest BCUT2D eigenvalue weighted by atomic mass is 9.78. The van der Waals surface area contributed by atoms with Gasteiger partial charge in [0.15, 0.2) is 0 Å². The number of nitrogens with two attached hydrogens (primary N) is 1. The molecule has 1 fully saturated rings. The highest BCUT2D eigenvalue weighted by molar-refractivity contribution is 5.95. The molecule has 1 aromatic rings. The molecule has 0 saturated carbocycles. The molecule has 25 heavy (non-hydrogen) atoms. The fourth-order valence-electron chi connectivity index (χ4n) is 2.79. The summed E-state index contributed by atoms with van der Waals surface area (Å²) in [6.45, 7) is 2.27. The van der Waals surface area contributed by atoms with Crippen molar-refractivity contribution in [3.63, 3.8) is 0 Å². The van der Waals surface area contributed by atoms with Gasteiger partial charge in [-0.15, -0.1) is 12.4 Å². The first kappa shape index (κ1) is 21.2. The number of halogens is 1. The lowest BCUT2D eigenvalue weighted by molar-refractivity contribution is -0.130. The predicted molar refractivity (Wildman–Crippen MR) is 98.0 cm³/mol. The van der Waals surface area contributed by atoms with Crippen LogP contribution in [-0.2, 0) is 14.3 Å². The molecule has 1 aliphatic heterocycles. The van der Waals surface area contributed by atoms with E-state index in [1.165, 1.54) is 0 Å². The number of ether oxygens (including phenoxy) is 2. The molecule has 2 amide bonds. The number of primary amides is 1. The van der Waals surface area contributed by atoms with Crippen molar-refractivity contribution in [1.82, 2.24) is 5.32 Å². The highest BCUT2D eigenvalue weighted by atomic mass is 35.5. The highest BCUT2D eigenvalue weighted by Gasteiger charge is 2.39. The minimum Gasteiger partial charge on any atom is -0.493 e. The first-order valence-electron chi connectivity index (χ1n) is 8.08. The van der Waals surface area contributed by atoms with Crippen molar-refractivity contribution in [3.05, 3.63) is 24.3 Å². The van der Waals surface area contributed by atoms with Crippen LogP contribution in [0.2, 0.25) is 0 Å². The summed E-state index contributed by atoms with van der Waals surface area (Å²) in [6, 6.07) is 7.06. The van der Waals surface area contributed by atoms with Crippen LogP contribution in [0.15, 0.2) is 24.3 Å². The summed E-state index contributed by atoms with van der Waals surface area (Å²) in [5.74, 6) is 0.209. The standard InChI is InChI=1S/C17H25N3O4.ClH/c1-23-12-17(7-9-19-10-8-17)16(22)20-13-2-4-14(5-3-13)24-11-6-15(18)21;/h2-5,19H,6-12H2,1H3,(H2,18,21)(H,20,22);1H. The van der Waals surface area contributed by atoms with Crippen LogP contribution in [0.25, 0.3) is 0 Å². The Bertz CT molecular complexity index is 554. The Labute approximate surface area is 154 Å². The molecule has 140 valence electrons. The van der Waals surface area contributed by atoms with Gasteiger partial charge in [0.2, 0.25) is 11.8 Å². The van der Waals surface area contributed by atoms with Crippen LogP contribution in [0.1, 0.15) is 19.3 Å². The van der Waals surface area contributed by atoms with E-state index in [1.807, 2.05) is 0 Å². The summed E-state index contributed by atoms with van der Waals surface area (Å²) in [5.41, 5.74) is 5.28. The maximum atomic E-state index is 12.7. The predicted octanol–water partition coefficient (Wildman–Crippen LogP) is 1.32. The fourth-order valence-corrected chi connectivity index (χ4v) is 2.79. The van der Waals surface area contributed by atoms with E-state index >= 15 is 0 Å². The first-order valence-corrected chi connectivity index (χ1v) is 8.08. The number of benzene rings is 1. The Balaban J connectivity index is 0.00000312. The van der Waals surface area contributed by atoms with Crippen LogP contribution in [0.4, 0.5) is 5.69 Å². The number of amides is 2. The second-order valence-corrected chi connectivity index (χ2v) is 6.01. The lowest BCUT2D eigenvalue weighted by Crippen LogP contribution is -2.47. The van der Waals surface area contributed by atoms with E-state index in [1.54, 1.807) is 31.4 Å². The third-order valence-corrected chi connectivity index (χ3v) is 4.19. The molecule has 1 heterocycles. The summed E-state index contributed by atoms with van der Waals surface area (Å²) in [5, 5.41) is 6.23. The van der Waals surface area contributed by atoms with Crippen molar-refractivity contribution < 1.29 is 19.1 Å². The molecule has 1 aliphatic rings. The summed E-state index contributed by atoms with van der Waals surface area (Å²) in [7, 11) is 1.62. The van der Waals surface area contributed by atoms with Crippen LogP contribution in [-0.4, -0.2) is 45.2 Å². The van der Waals surface area contributed by atoms with Gasteiger partial charge in [0, 0.05) is 12.8 Å². The highest BCUT2D eigenvalue weighted by Crippen LogP contribution is 2.31. The third kappa shape index (κ3) is 6.19. The average Bonchev–Trinajstić information content (AvgIpc) is 2.57. The number of methoxy groups -OCH3 is 1. The molecule has 4 N–H and O–H groups in total. The first-order chi connectivity index (χ1) is 11.6. The fraction of sp³-hybridized carbons (Fsp3) is 0.529. The molecule has 0 spiro atoms. The number of anilines is 1. The van der Waals surface area contributed by atoms with Gasteiger partial charge in [-0.3, -0.25) is 9.59 Å². The minimum absolute atomic E-state index is 0. The molecular weight excluding hydrogens is 346 g/mol. The van der Waals surface area contributed by atoms with Crippen LogP contribution < -0.4 is 21.1 Å². The zero-order chi connectivity index (χ0) is 17.4. The van der Waals surface area contributed by atoms with Gasteiger partial charge >= 0.3 is 0 Å². The van der Waals surface area contributed by atoms with Gasteiger partial charge in [-0.1, -0.05) is 0 Å². The third-order valence-electron chi connectivity index (χ3n) is 4.19. The second kappa shape index (κ2) is 10.2.